The van der Waals surface area contributed by atoms with Gasteiger partial charge < -0.3 is 10.1 Å². The van der Waals surface area contributed by atoms with Crippen molar-refractivity contribution in [2.45, 2.75) is 17.3 Å². The largest absolute Gasteiger partial charge is 0.465 e. The molecule has 3 rings (SSSR count). The minimum absolute atomic E-state index is 0.215. The number of ether oxygens (including phenoxy) is 1. The number of aromatic nitrogens is 3. The predicted molar refractivity (Wildman–Crippen MR) is 110 cm³/mol. The average Bonchev–Trinajstić information content (AvgIpc) is 2.74. The van der Waals surface area contributed by atoms with E-state index < -0.39 is 11.2 Å². The maximum absolute atomic E-state index is 12.5. The molecule has 0 aliphatic heterocycles. The zero-order valence-electron chi connectivity index (χ0n) is 15.7. The summed E-state index contributed by atoms with van der Waals surface area (Å²) in [6.07, 6.45) is 0. The second-order valence-electron chi connectivity index (χ2n) is 6.00. The van der Waals surface area contributed by atoms with Gasteiger partial charge in [-0.2, -0.15) is 0 Å². The number of carbonyl (C=O) groups is 2. The Morgan fingerprint density at radius 2 is 1.86 bits per heavy atom. The van der Waals surface area contributed by atoms with Gasteiger partial charge in [0.05, 0.1) is 17.9 Å². The van der Waals surface area contributed by atoms with Crippen LogP contribution in [0, 0.1) is 0 Å². The van der Waals surface area contributed by atoms with Gasteiger partial charge >= 0.3 is 5.97 Å². The van der Waals surface area contributed by atoms with Crippen molar-refractivity contribution in [2.24, 2.45) is 0 Å². The maximum Gasteiger partial charge on any atom is 0.337 e. The highest BCUT2D eigenvalue weighted by Gasteiger charge is 2.18. The van der Waals surface area contributed by atoms with Crippen LogP contribution >= 0.6 is 11.8 Å². The molecule has 0 bridgehead atoms. The number of hydrogen-bond donors (Lipinski definition) is 2. The summed E-state index contributed by atoms with van der Waals surface area (Å²) in [6.45, 7) is 1.68. The second-order valence-corrected chi connectivity index (χ2v) is 7.33. The lowest BCUT2D eigenvalue weighted by molar-refractivity contribution is -0.115. The summed E-state index contributed by atoms with van der Waals surface area (Å²) in [5, 5.41) is 10.4. The minimum Gasteiger partial charge on any atom is -0.465 e. The van der Waals surface area contributed by atoms with Crippen LogP contribution in [0.2, 0.25) is 0 Å². The highest BCUT2D eigenvalue weighted by Crippen LogP contribution is 2.21. The fourth-order valence-electron chi connectivity index (χ4n) is 2.47. The quantitative estimate of drug-likeness (QED) is 0.474. The monoisotopic (exact) mass is 410 g/mol. The molecule has 1 atom stereocenters. The summed E-state index contributed by atoms with van der Waals surface area (Å²) in [7, 11) is 1.29. The molecule has 0 saturated heterocycles. The standard InChI is InChI=1S/C20H18N4O4S/c1-12(17(25)21-15-10-6-9-14(11-15)19(27)28-2)29-20-22-18(26)16(23-24-20)13-7-4-3-5-8-13/h3-12H,1-2H3,(H,21,25)(H,22,24,26). The van der Waals surface area contributed by atoms with Crippen LogP contribution in [0.1, 0.15) is 17.3 Å². The first-order valence-electron chi connectivity index (χ1n) is 8.66. The van der Waals surface area contributed by atoms with Crippen molar-refractivity contribution >= 4 is 29.3 Å². The second kappa shape index (κ2) is 9.16. The third-order valence-corrected chi connectivity index (χ3v) is 4.91. The van der Waals surface area contributed by atoms with Crippen LogP contribution in [0.25, 0.3) is 11.3 Å². The number of nitrogens with one attached hydrogen (secondary N) is 2. The van der Waals surface area contributed by atoms with E-state index in [2.05, 4.69) is 25.2 Å². The van der Waals surface area contributed by atoms with E-state index in [9.17, 15) is 14.4 Å². The number of esters is 1. The van der Waals surface area contributed by atoms with Crippen molar-refractivity contribution in [3.05, 3.63) is 70.5 Å². The Morgan fingerprint density at radius 1 is 1.10 bits per heavy atom. The van der Waals surface area contributed by atoms with Crippen molar-refractivity contribution in [3.8, 4) is 11.3 Å². The zero-order chi connectivity index (χ0) is 20.8. The van der Waals surface area contributed by atoms with Gasteiger partial charge in [-0.1, -0.05) is 48.2 Å². The van der Waals surface area contributed by atoms with E-state index in [0.717, 1.165) is 11.8 Å². The summed E-state index contributed by atoms with van der Waals surface area (Å²) in [5.41, 5.74) is 1.29. The molecule has 0 spiro atoms. The Hall–Kier alpha value is -3.46. The van der Waals surface area contributed by atoms with Crippen molar-refractivity contribution in [2.75, 3.05) is 12.4 Å². The van der Waals surface area contributed by atoms with Gasteiger partial charge in [0.1, 0.15) is 0 Å². The van der Waals surface area contributed by atoms with Crippen molar-refractivity contribution in [3.63, 3.8) is 0 Å². The summed E-state index contributed by atoms with van der Waals surface area (Å²) >= 11 is 1.07. The summed E-state index contributed by atoms with van der Waals surface area (Å²) in [5.74, 6) is -0.804. The molecule has 8 nitrogen and oxygen atoms in total. The first-order valence-corrected chi connectivity index (χ1v) is 9.54. The zero-order valence-corrected chi connectivity index (χ0v) is 16.5. The predicted octanol–water partition coefficient (Wildman–Crippen LogP) is 2.74. The fraction of sp³-hybridized carbons (Fsp3) is 0.150. The molecule has 3 aromatic rings. The van der Waals surface area contributed by atoms with Crippen molar-refractivity contribution < 1.29 is 14.3 Å². The number of H-pyrrole nitrogens is 1. The van der Waals surface area contributed by atoms with E-state index in [1.165, 1.54) is 13.2 Å². The molecule has 2 N–H and O–H groups in total. The Kier molecular flexibility index (Phi) is 6.40. The molecule has 0 aliphatic carbocycles. The number of hydrogen-bond acceptors (Lipinski definition) is 7. The molecular weight excluding hydrogens is 392 g/mol. The minimum atomic E-state index is -0.565. The summed E-state index contributed by atoms with van der Waals surface area (Å²) < 4.78 is 4.67. The van der Waals surface area contributed by atoms with Crippen LogP contribution in [0.5, 0.6) is 0 Å². The number of nitrogens with zero attached hydrogens (tertiary/aromatic N) is 2. The van der Waals surface area contributed by atoms with E-state index in [1.54, 1.807) is 49.4 Å². The van der Waals surface area contributed by atoms with Crippen LogP contribution in [0.4, 0.5) is 5.69 Å². The third-order valence-electron chi connectivity index (χ3n) is 3.93. The first kappa shape index (κ1) is 20.3. The molecule has 2 aromatic carbocycles. The summed E-state index contributed by atoms with van der Waals surface area (Å²) in [4.78, 5) is 39.0. The molecule has 1 aromatic heterocycles. The highest BCUT2D eigenvalue weighted by atomic mass is 32.2. The number of thioether (sulfide) groups is 1. The number of anilines is 1. The van der Waals surface area contributed by atoms with Crippen molar-refractivity contribution in [1.82, 2.24) is 15.2 Å². The van der Waals surface area contributed by atoms with Gasteiger partial charge in [-0.15, -0.1) is 10.2 Å². The Bertz CT molecular complexity index is 1090. The maximum atomic E-state index is 12.5. The number of amides is 1. The topological polar surface area (TPSA) is 114 Å². The Labute approximate surface area is 170 Å². The van der Waals surface area contributed by atoms with Crippen molar-refractivity contribution in [1.29, 1.82) is 0 Å². The van der Waals surface area contributed by atoms with Crippen LogP contribution < -0.4 is 10.9 Å². The van der Waals surface area contributed by atoms with E-state index in [1.807, 2.05) is 6.07 Å². The lowest BCUT2D eigenvalue weighted by atomic mass is 10.2. The smallest absolute Gasteiger partial charge is 0.337 e. The highest BCUT2D eigenvalue weighted by molar-refractivity contribution is 8.00. The molecule has 148 valence electrons. The molecule has 1 amide bonds. The average molecular weight is 410 g/mol. The molecular formula is C20H18N4O4S. The van der Waals surface area contributed by atoms with Gasteiger partial charge in [0.25, 0.3) is 5.56 Å². The lowest BCUT2D eigenvalue weighted by Gasteiger charge is -2.12. The molecule has 1 heterocycles. The molecule has 0 fully saturated rings. The first-order chi connectivity index (χ1) is 14.0. The number of methoxy groups -OCH3 is 1. The number of aromatic amines is 1. The molecule has 29 heavy (non-hydrogen) atoms. The van der Waals surface area contributed by atoms with Gasteiger partial charge in [0, 0.05) is 11.3 Å². The number of benzene rings is 2. The van der Waals surface area contributed by atoms with Gasteiger partial charge in [0.15, 0.2) is 10.9 Å². The van der Waals surface area contributed by atoms with Gasteiger partial charge in [-0.3, -0.25) is 14.6 Å². The molecule has 0 saturated carbocycles. The molecule has 0 radical (unpaired) electrons. The van der Waals surface area contributed by atoms with E-state index >= 15 is 0 Å². The van der Waals surface area contributed by atoms with Gasteiger partial charge in [-0.05, 0) is 25.1 Å². The Balaban J connectivity index is 1.68. The molecule has 9 heteroatoms. The number of carbonyl (C=O) groups excluding carboxylic acids is 2. The molecule has 1 unspecified atom stereocenters. The van der Waals surface area contributed by atoms with E-state index in [4.69, 9.17) is 0 Å². The van der Waals surface area contributed by atoms with Crippen LogP contribution in [0.3, 0.4) is 0 Å². The van der Waals surface area contributed by atoms with Gasteiger partial charge in [-0.25, -0.2) is 4.79 Å². The van der Waals surface area contributed by atoms with Crippen LogP contribution in [0.15, 0.2) is 64.5 Å². The summed E-state index contributed by atoms with van der Waals surface area (Å²) in [6, 6.07) is 15.4. The SMILES string of the molecule is COC(=O)c1cccc(NC(=O)C(C)Sc2nnc(-c3ccccc3)c(=O)[nH]2)c1. The van der Waals surface area contributed by atoms with E-state index in [0.29, 0.717) is 16.8 Å². The normalized spacial score (nSPS) is 11.5. The fourth-order valence-corrected chi connectivity index (χ4v) is 3.21. The lowest BCUT2D eigenvalue weighted by Crippen LogP contribution is -2.24. The molecule has 0 aliphatic rings. The van der Waals surface area contributed by atoms with Crippen LogP contribution in [-0.2, 0) is 9.53 Å². The Morgan fingerprint density at radius 3 is 2.55 bits per heavy atom. The number of rotatable bonds is 6. The third kappa shape index (κ3) is 5.08. The van der Waals surface area contributed by atoms with Gasteiger partial charge in [0.2, 0.25) is 5.91 Å². The van der Waals surface area contributed by atoms with E-state index in [-0.39, 0.29) is 22.3 Å². The van der Waals surface area contributed by atoms with Crippen LogP contribution in [-0.4, -0.2) is 39.4 Å².